The Morgan fingerprint density at radius 1 is 1.00 bits per heavy atom. The lowest BCUT2D eigenvalue weighted by Crippen LogP contribution is -2.32. The summed E-state index contributed by atoms with van der Waals surface area (Å²) in [6.45, 7) is 2.72. The number of ether oxygens (including phenoxy) is 3. The minimum atomic E-state index is -0.194. The van der Waals surface area contributed by atoms with Crippen LogP contribution in [0.3, 0.4) is 0 Å². The molecule has 0 aromatic heterocycles. The van der Waals surface area contributed by atoms with Gasteiger partial charge < -0.3 is 14.2 Å². The van der Waals surface area contributed by atoms with E-state index in [1.54, 1.807) is 11.0 Å². The summed E-state index contributed by atoms with van der Waals surface area (Å²) >= 11 is 0. The first-order valence-corrected chi connectivity index (χ1v) is 10.1. The van der Waals surface area contributed by atoms with Crippen molar-refractivity contribution >= 4 is 23.5 Å². The van der Waals surface area contributed by atoms with Crippen LogP contribution in [0.5, 0.6) is 17.2 Å². The fourth-order valence-corrected chi connectivity index (χ4v) is 3.56. The molecule has 1 amide bonds. The van der Waals surface area contributed by atoms with Gasteiger partial charge >= 0.3 is 0 Å². The number of anilines is 1. The van der Waals surface area contributed by atoms with E-state index in [2.05, 4.69) is 0 Å². The Labute approximate surface area is 180 Å². The number of fused-ring (bicyclic) bond motifs is 1. The van der Waals surface area contributed by atoms with Crippen molar-refractivity contribution in [2.24, 2.45) is 4.99 Å². The average Bonchev–Trinajstić information content (AvgIpc) is 3.40. The van der Waals surface area contributed by atoms with Crippen molar-refractivity contribution in [3.8, 4) is 17.2 Å². The molecular weight excluding hydrogens is 392 g/mol. The number of carbonyl (C=O) groups is 1. The minimum Gasteiger partial charge on any atom is -0.494 e. The molecule has 154 valence electrons. The number of hydrogen-bond donors (Lipinski definition) is 0. The molecule has 2 aliphatic rings. The van der Waals surface area contributed by atoms with E-state index in [1.807, 2.05) is 79.7 Å². The first-order valence-electron chi connectivity index (χ1n) is 10.1. The number of amides is 1. The van der Waals surface area contributed by atoms with Crippen LogP contribution in [0.1, 0.15) is 18.1 Å². The Kier molecular flexibility index (Phi) is 4.88. The predicted molar refractivity (Wildman–Crippen MR) is 119 cm³/mol. The monoisotopic (exact) mass is 412 g/mol. The van der Waals surface area contributed by atoms with Crippen molar-refractivity contribution in [3.05, 3.63) is 89.6 Å². The molecule has 0 atom stereocenters. The molecule has 0 bridgehead atoms. The van der Waals surface area contributed by atoms with Gasteiger partial charge in [-0.25, -0.2) is 4.99 Å². The predicted octanol–water partition coefficient (Wildman–Crippen LogP) is 4.65. The summed E-state index contributed by atoms with van der Waals surface area (Å²) < 4.78 is 16.3. The fraction of sp³-hybridized carbons (Fsp3) is 0.120. The van der Waals surface area contributed by atoms with Crippen molar-refractivity contribution in [1.82, 2.24) is 0 Å². The maximum Gasteiger partial charge on any atom is 0.282 e. The Morgan fingerprint density at radius 2 is 1.77 bits per heavy atom. The third-order valence-electron chi connectivity index (χ3n) is 5.00. The van der Waals surface area contributed by atoms with Gasteiger partial charge in [-0.1, -0.05) is 36.4 Å². The molecule has 0 saturated heterocycles. The Hall–Kier alpha value is -4.06. The quantitative estimate of drug-likeness (QED) is 0.573. The normalized spacial score (nSPS) is 16.0. The van der Waals surface area contributed by atoms with E-state index in [9.17, 15) is 4.79 Å². The highest BCUT2D eigenvalue weighted by Gasteiger charge is 2.32. The van der Waals surface area contributed by atoms with Gasteiger partial charge in [-0.05, 0) is 55.0 Å². The standard InChI is InChI=1S/C25H20N2O4/c1-2-29-20-11-9-19(10-12-20)27-24(18-6-4-3-5-7-18)26-21(25(27)28)14-17-8-13-22-23(15-17)31-16-30-22/h3-15H,2,16H2,1H3/b21-14+. The maximum absolute atomic E-state index is 13.4. The van der Waals surface area contributed by atoms with Crippen LogP contribution in [0.2, 0.25) is 0 Å². The van der Waals surface area contributed by atoms with Crippen LogP contribution < -0.4 is 19.1 Å². The van der Waals surface area contributed by atoms with Gasteiger partial charge in [0, 0.05) is 5.56 Å². The molecule has 6 nitrogen and oxygen atoms in total. The molecule has 0 radical (unpaired) electrons. The Balaban J connectivity index is 1.55. The Bertz CT molecular complexity index is 1180. The van der Waals surface area contributed by atoms with E-state index in [0.717, 1.165) is 22.6 Å². The molecule has 0 unspecified atom stereocenters. The number of benzene rings is 3. The van der Waals surface area contributed by atoms with Gasteiger partial charge in [0.25, 0.3) is 5.91 Å². The molecule has 5 rings (SSSR count). The third kappa shape index (κ3) is 3.64. The van der Waals surface area contributed by atoms with Crippen molar-refractivity contribution in [1.29, 1.82) is 0 Å². The minimum absolute atomic E-state index is 0.194. The highest BCUT2D eigenvalue weighted by atomic mass is 16.7. The van der Waals surface area contributed by atoms with Gasteiger partial charge in [0.15, 0.2) is 11.5 Å². The van der Waals surface area contributed by atoms with Crippen molar-refractivity contribution < 1.29 is 19.0 Å². The average molecular weight is 412 g/mol. The van der Waals surface area contributed by atoms with E-state index in [4.69, 9.17) is 19.2 Å². The van der Waals surface area contributed by atoms with Crippen LogP contribution in [0.25, 0.3) is 6.08 Å². The second-order valence-electron chi connectivity index (χ2n) is 7.01. The molecule has 0 aliphatic carbocycles. The molecule has 2 heterocycles. The molecular formula is C25H20N2O4. The summed E-state index contributed by atoms with van der Waals surface area (Å²) in [5.41, 5.74) is 2.76. The van der Waals surface area contributed by atoms with Crippen LogP contribution in [-0.2, 0) is 4.79 Å². The largest absolute Gasteiger partial charge is 0.494 e. The van der Waals surface area contributed by atoms with Crippen LogP contribution in [0.15, 0.2) is 83.5 Å². The van der Waals surface area contributed by atoms with E-state index >= 15 is 0 Å². The molecule has 6 heteroatoms. The number of aliphatic imine (C=N–C) groups is 1. The van der Waals surface area contributed by atoms with Gasteiger partial charge in [-0.15, -0.1) is 0 Å². The molecule has 3 aromatic carbocycles. The summed E-state index contributed by atoms with van der Waals surface area (Å²) in [4.78, 5) is 19.7. The summed E-state index contributed by atoms with van der Waals surface area (Å²) in [5, 5.41) is 0. The molecule has 0 spiro atoms. The molecule has 3 aromatic rings. The summed E-state index contributed by atoms with van der Waals surface area (Å²) in [6.07, 6.45) is 1.77. The number of rotatable bonds is 5. The summed E-state index contributed by atoms with van der Waals surface area (Å²) in [6, 6.07) is 22.7. The second-order valence-corrected chi connectivity index (χ2v) is 7.01. The zero-order valence-corrected chi connectivity index (χ0v) is 16.9. The number of hydrogen-bond acceptors (Lipinski definition) is 5. The van der Waals surface area contributed by atoms with Gasteiger partial charge in [0.05, 0.1) is 12.3 Å². The lowest BCUT2D eigenvalue weighted by Gasteiger charge is -2.19. The first-order chi connectivity index (χ1) is 15.2. The van der Waals surface area contributed by atoms with Crippen molar-refractivity contribution in [3.63, 3.8) is 0 Å². The molecule has 31 heavy (non-hydrogen) atoms. The number of amidine groups is 1. The summed E-state index contributed by atoms with van der Waals surface area (Å²) in [7, 11) is 0. The van der Waals surface area contributed by atoms with Crippen LogP contribution in [0.4, 0.5) is 5.69 Å². The van der Waals surface area contributed by atoms with Crippen LogP contribution >= 0.6 is 0 Å². The lowest BCUT2D eigenvalue weighted by atomic mass is 10.1. The highest BCUT2D eigenvalue weighted by Crippen LogP contribution is 2.34. The molecule has 0 saturated carbocycles. The van der Waals surface area contributed by atoms with Crippen LogP contribution in [0, 0.1) is 0 Å². The SMILES string of the molecule is CCOc1ccc(N2C(=O)/C(=C\c3ccc4c(c3)OCO4)N=C2c2ccccc2)cc1. The number of nitrogens with zero attached hydrogens (tertiary/aromatic N) is 2. The Morgan fingerprint density at radius 3 is 2.55 bits per heavy atom. The molecule has 2 aliphatic heterocycles. The van der Waals surface area contributed by atoms with Crippen LogP contribution in [-0.4, -0.2) is 25.1 Å². The van der Waals surface area contributed by atoms with E-state index in [-0.39, 0.29) is 12.7 Å². The van der Waals surface area contributed by atoms with Gasteiger partial charge in [-0.3, -0.25) is 9.69 Å². The van der Waals surface area contributed by atoms with E-state index in [1.165, 1.54) is 0 Å². The first kappa shape index (κ1) is 18.9. The highest BCUT2D eigenvalue weighted by molar-refractivity contribution is 6.33. The van der Waals surface area contributed by atoms with Gasteiger partial charge in [0.1, 0.15) is 17.3 Å². The fourth-order valence-electron chi connectivity index (χ4n) is 3.56. The van der Waals surface area contributed by atoms with Gasteiger partial charge in [0.2, 0.25) is 6.79 Å². The smallest absolute Gasteiger partial charge is 0.282 e. The molecule has 0 fully saturated rings. The number of carbonyl (C=O) groups excluding carboxylic acids is 1. The topological polar surface area (TPSA) is 60.4 Å². The zero-order valence-electron chi connectivity index (χ0n) is 16.9. The van der Waals surface area contributed by atoms with Gasteiger partial charge in [-0.2, -0.15) is 0 Å². The van der Waals surface area contributed by atoms with E-state index < -0.39 is 0 Å². The molecule has 0 N–H and O–H groups in total. The lowest BCUT2D eigenvalue weighted by molar-refractivity contribution is -0.113. The van der Waals surface area contributed by atoms with Crippen molar-refractivity contribution in [2.75, 3.05) is 18.3 Å². The zero-order chi connectivity index (χ0) is 21.2. The summed E-state index contributed by atoms with van der Waals surface area (Å²) in [5.74, 6) is 2.51. The van der Waals surface area contributed by atoms with E-state index in [0.29, 0.717) is 29.6 Å². The second kappa shape index (κ2) is 7.99. The van der Waals surface area contributed by atoms with Crippen molar-refractivity contribution in [2.45, 2.75) is 6.92 Å². The third-order valence-corrected chi connectivity index (χ3v) is 5.00. The maximum atomic E-state index is 13.4.